The van der Waals surface area contributed by atoms with Crippen LogP contribution in [0, 0.1) is 0 Å². The predicted molar refractivity (Wildman–Crippen MR) is 67.6 cm³/mol. The van der Waals surface area contributed by atoms with Crippen molar-refractivity contribution in [2.75, 3.05) is 0 Å². The standard InChI is InChI=1S/C13H15ClN2/c14-9-3-4-12-10(7-9)11(8-16-12)13(15)5-1-2-6-13/h3-4,7-8,16H,1-2,5-6,15H2. The number of hydrogen-bond donors (Lipinski definition) is 2. The summed E-state index contributed by atoms with van der Waals surface area (Å²) in [6.45, 7) is 0. The molecule has 1 aromatic heterocycles. The zero-order valence-electron chi connectivity index (χ0n) is 9.09. The van der Waals surface area contributed by atoms with Crippen molar-refractivity contribution in [2.45, 2.75) is 31.2 Å². The van der Waals surface area contributed by atoms with Crippen molar-refractivity contribution in [3.63, 3.8) is 0 Å². The predicted octanol–water partition coefficient (Wildman–Crippen LogP) is 3.55. The smallest absolute Gasteiger partial charge is 0.0458 e. The first-order valence-electron chi connectivity index (χ1n) is 5.75. The van der Waals surface area contributed by atoms with Crippen LogP contribution in [0.2, 0.25) is 5.02 Å². The lowest BCUT2D eigenvalue weighted by molar-refractivity contribution is 0.466. The Morgan fingerprint density at radius 2 is 2.00 bits per heavy atom. The average molecular weight is 235 g/mol. The Hall–Kier alpha value is -0.990. The molecule has 1 fully saturated rings. The minimum atomic E-state index is -0.150. The quantitative estimate of drug-likeness (QED) is 0.779. The van der Waals surface area contributed by atoms with Gasteiger partial charge in [0.2, 0.25) is 0 Å². The summed E-state index contributed by atoms with van der Waals surface area (Å²) < 4.78 is 0. The maximum atomic E-state index is 6.48. The summed E-state index contributed by atoms with van der Waals surface area (Å²) in [5.74, 6) is 0. The third-order valence-corrected chi connectivity index (χ3v) is 3.91. The van der Waals surface area contributed by atoms with Gasteiger partial charge in [-0.2, -0.15) is 0 Å². The lowest BCUT2D eigenvalue weighted by Crippen LogP contribution is -2.32. The molecule has 1 heterocycles. The molecule has 0 unspecified atom stereocenters. The summed E-state index contributed by atoms with van der Waals surface area (Å²) in [6, 6.07) is 5.93. The van der Waals surface area contributed by atoms with E-state index in [4.69, 9.17) is 17.3 Å². The Morgan fingerprint density at radius 1 is 1.25 bits per heavy atom. The molecule has 0 bridgehead atoms. The molecule has 1 saturated carbocycles. The summed E-state index contributed by atoms with van der Waals surface area (Å²) in [4.78, 5) is 3.28. The molecule has 1 aliphatic rings. The molecule has 84 valence electrons. The molecule has 0 aliphatic heterocycles. The number of halogens is 1. The highest BCUT2D eigenvalue weighted by atomic mass is 35.5. The van der Waals surface area contributed by atoms with E-state index in [0.717, 1.165) is 23.4 Å². The van der Waals surface area contributed by atoms with Crippen molar-refractivity contribution in [3.05, 3.63) is 35.0 Å². The van der Waals surface area contributed by atoms with Crippen LogP contribution < -0.4 is 5.73 Å². The molecular formula is C13H15ClN2. The second-order valence-corrected chi connectivity index (χ2v) is 5.19. The van der Waals surface area contributed by atoms with Gasteiger partial charge in [-0.05, 0) is 36.6 Å². The zero-order valence-corrected chi connectivity index (χ0v) is 9.85. The number of nitrogens with two attached hydrogens (primary N) is 1. The lowest BCUT2D eigenvalue weighted by Gasteiger charge is -2.23. The van der Waals surface area contributed by atoms with Gasteiger partial charge in [0.1, 0.15) is 0 Å². The monoisotopic (exact) mass is 234 g/mol. The SMILES string of the molecule is NC1(c2c[nH]c3ccc(Cl)cc23)CCCC1. The Morgan fingerprint density at radius 3 is 2.75 bits per heavy atom. The fraction of sp³-hybridized carbons (Fsp3) is 0.385. The Balaban J connectivity index is 2.19. The van der Waals surface area contributed by atoms with Crippen LogP contribution in [0.4, 0.5) is 0 Å². The maximum Gasteiger partial charge on any atom is 0.0458 e. The minimum Gasteiger partial charge on any atom is -0.361 e. The van der Waals surface area contributed by atoms with Crippen LogP contribution in [0.5, 0.6) is 0 Å². The van der Waals surface area contributed by atoms with Gasteiger partial charge in [-0.15, -0.1) is 0 Å². The summed E-state index contributed by atoms with van der Waals surface area (Å²) in [5.41, 5.74) is 8.67. The third kappa shape index (κ3) is 1.45. The first kappa shape index (κ1) is 10.2. The molecule has 0 atom stereocenters. The Kier molecular flexibility index (Phi) is 2.23. The van der Waals surface area contributed by atoms with E-state index in [0.29, 0.717) is 0 Å². The molecule has 0 radical (unpaired) electrons. The molecule has 2 nitrogen and oxygen atoms in total. The molecule has 3 N–H and O–H groups in total. The normalized spacial score (nSPS) is 19.4. The lowest BCUT2D eigenvalue weighted by atomic mass is 9.89. The van der Waals surface area contributed by atoms with Crippen LogP contribution in [0.3, 0.4) is 0 Å². The van der Waals surface area contributed by atoms with E-state index in [1.54, 1.807) is 0 Å². The number of nitrogens with one attached hydrogen (secondary N) is 1. The Bertz CT molecular complexity index is 524. The molecule has 0 amide bonds. The van der Waals surface area contributed by atoms with Gasteiger partial charge in [0.25, 0.3) is 0 Å². The number of benzene rings is 1. The molecule has 2 aromatic rings. The molecular weight excluding hydrogens is 220 g/mol. The van der Waals surface area contributed by atoms with Crippen LogP contribution in [0.15, 0.2) is 24.4 Å². The topological polar surface area (TPSA) is 41.8 Å². The van der Waals surface area contributed by atoms with Crippen molar-refractivity contribution in [3.8, 4) is 0 Å². The van der Waals surface area contributed by atoms with Gasteiger partial charge >= 0.3 is 0 Å². The first-order valence-corrected chi connectivity index (χ1v) is 6.13. The van der Waals surface area contributed by atoms with E-state index < -0.39 is 0 Å². The van der Waals surface area contributed by atoms with E-state index in [1.165, 1.54) is 23.8 Å². The number of aromatic amines is 1. The van der Waals surface area contributed by atoms with Gasteiger partial charge in [-0.3, -0.25) is 0 Å². The van der Waals surface area contributed by atoms with Crippen LogP contribution in [-0.2, 0) is 5.54 Å². The van der Waals surface area contributed by atoms with Crippen LogP contribution in [0.1, 0.15) is 31.2 Å². The molecule has 1 aromatic carbocycles. The van der Waals surface area contributed by atoms with Gasteiger partial charge < -0.3 is 10.7 Å². The van der Waals surface area contributed by atoms with Gasteiger partial charge in [0.05, 0.1) is 0 Å². The number of H-pyrrole nitrogens is 1. The first-order chi connectivity index (χ1) is 7.69. The summed E-state index contributed by atoms with van der Waals surface area (Å²) in [6.07, 6.45) is 6.65. The van der Waals surface area contributed by atoms with Crippen molar-refractivity contribution >= 4 is 22.5 Å². The maximum absolute atomic E-state index is 6.48. The van der Waals surface area contributed by atoms with Gasteiger partial charge in [-0.25, -0.2) is 0 Å². The highest BCUT2D eigenvalue weighted by Gasteiger charge is 2.33. The summed E-state index contributed by atoms with van der Waals surface area (Å²) in [7, 11) is 0. The average Bonchev–Trinajstić information content (AvgIpc) is 2.84. The van der Waals surface area contributed by atoms with E-state index in [2.05, 4.69) is 4.98 Å². The van der Waals surface area contributed by atoms with E-state index >= 15 is 0 Å². The number of aromatic nitrogens is 1. The summed E-state index contributed by atoms with van der Waals surface area (Å²) >= 11 is 6.04. The largest absolute Gasteiger partial charge is 0.361 e. The van der Waals surface area contributed by atoms with Gasteiger partial charge in [0.15, 0.2) is 0 Å². The highest BCUT2D eigenvalue weighted by Crippen LogP contribution is 2.39. The zero-order chi connectivity index (χ0) is 11.2. The van der Waals surface area contributed by atoms with E-state index in [9.17, 15) is 0 Å². The third-order valence-electron chi connectivity index (χ3n) is 3.68. The van der Waals surface area contributed by atoms with E-state index in [1.807, 2.05) is 24.4 Å². The van der Waals surface area contributed by atoms with Crippen LogP contribution in [0.25, 0.3) is 10.9 Å². The van der Waals surface area contributed by atoms with Gasteiger partial charge in [-0.1, -0.05) is 24.4 Å². The van der Waals surface area contributed by atoms with Gasteiger partial charge in [0, 0.05) is 27.7 Å². The van der Waals surface area contributed by atoms with E-state index in [-0.39, 0.29) is 5.54 Å². The molecule has 16 heavy (non-hydrogen) atoms. The highest BCUT2D eigenvalue weighted by molar-refractivity contribution is 6.31. The van der Waals surface area contributed by atoms with Crippen molar-refractivity contribution in [1.29, 1.82) is 0 Å². The fourth-order valence-electron chi connectivity index (χ4n) is 2.78. The summed E-state index contributed by atoms with van der Waals surface area (Å²) in [5, 5.41) is 1.95. The number of hydrogen-bond acceptors (Lipinski definition) is 1. The molecule has 3 heteroatoms. The molecule has 0 spiro atoms. The number of fused-ring (bicyclic) bond motifs is 1. The minimum absolute atomic E-state index is 0.150. The second kappa shape index (κ2) is 3.51. The Labute approximate surface area is 99.8 Å². The number of rotatable bonds is 1. The second-order valence-electron chi connectivity index (χ2n) is 4.76. The van der Waals surface area contributed by atoms with Crippen molar-refractivity contribution in [2.24, 2.45) is 5.73 Å². The van der Waals surface area contributed by atoms with Crippen LogP contribution in [-0.4, -0.2) is 4.98 Å². The van der Waals surface area contributed by atoms with Crippen molar-refractivity contribution in [1.82, 2.24) is 4.98 Å². The fourth-order valence-corrected chi connectivity index (χ4v) is 2.95. The van der Waals surface area contributed by atoms with Crippen molar-refractivity contribution < 1.29 is 0 Å². The molecule has 3 rings (SSSR count). The van der Waals surface area contributed by atoms with Crippen LogP contribution >= 0.6 is 11.6 Å². The molecule has 0 saturated heterocycles. The molecule has 1 aliphatic carbocycles.